The minimum Gasteiger partial charge on any atom is -0.497 e. The van der Waals surface area contributed by atoms with Gasteiger partial charge in [-0.1, -0.05) is 0 Å². The van der Waals surface area contributed by atoms with Crippen LogP contribution in [0.15, 0.2) is 36.7 Å². The molecule has 6 heteroatoms. The summed E-state index contributed by atoms with van der Waals surface area (Å²) in [6, 6.07) is 7.15. The van der Waals surface area contributed by atoms with Gasteiger partial charge in [-0.05, 0) is 31.0 Å². The number of hydrogen-bond acceptors (Lipinski definition) is 5. The Morgan fingerprint density at radius 2 is 1.92 bits per heavy atom. The number of amides is 1. The number of carbonyl (C=O) groups is 1. The second-order valence-electron chi connectivity index (χ2n) is 5.65. The Labute approximate surface area is 141 Å². The first-order valence-corrected chi connectivity index (χ1v) is 7.94. The van der Waals surface area contributed by atoms with Crippen molar-refractivity contribution in [2.75, 3.05) is 37.5 Å². The van der Waals surface area contributed by atoms with Gasteiger partial charge in [0.25, 0.3) is 5.91 Å². The summed E-state index contributed by atoms with van der Waals surface area (Å²) in [7, 11) is 3.14. The molecule has 0 atom stereocenters. The number of ether oxygens (including phenoxy) is 2. The highest BCUT2D eigenvalue weighted by Crippen LogP contribution is 2.29. The summed E-state index contributed by atoms with van der Waals surface area (Å²) in [4.78, 5) is 19.0. The van der Waals surface area contributed by atoms with E-state index in [1.165, 1.54) is 12.8 Å². The summed E-state index contributed by atoms with van der Waals surface area (Å²) in [5.41, 5.74) is 2.07. The summed E-state index contributed by atoms with van der Waals surface area (Å²) in [5.74, 6) is 0.998. The number of nitrogens with one attached hydrogen (secondary N) is 1. The van der Waals surface area contributed by atoms with Crippen LogP contribution >= 0.6 is 0 Å². The van der Waals surface area contributed by atoms with Gasteiger partial charge in [-0.2, -0.15) is 0 Å². The van der Waals surface area contributed by atoms with Crippen LogP contribution in [0.1, 0.15) is 23.2 Å². The summed E-state index contributed by atoms with van der Waals surface area (Å²) < 4.78 is 10.5. The molecule has 0 saturated carbocycles. The molecular weight excluding hydrogens is 306 g/mol. The molecule has 1 aromatic heterocycles. The average Bonchev–Trinajstić information content (AvgIpc) is 3.16. The molecule has 0 unspecified atom stereocenters. The molecule has 126 valence electrons. The summed E-state index contributed by atoms with van der Waals surface area (Å²) in [5, 5.41) is 2.87. The van der Waals surface area contributed by atoms with Crippen molar-refractivity contribution < 1.29 is 14.3 Å². The van der Waals surface area contributed by atoms with Crippen LogP contribution in [0.5, 0.6) is 11.5 Å². The Kier molecular flexibility index (Phi) is 4.84. The number of rotatable bonds is 5. The molecule has 2 heterocycles. The van der Waals surface area contributed by atoms with Crippen LogP contribution in [0.3, 0.4) is 0 Å². The number of anilines is 2. The van der Waals surface area contributed by atoms with Crippen LogP contribution < -0.4 is 19.7 Å². The molecule has 1 fully saturated rings. The van der Waals surface area contributed by atoms with Crippen LogP contribution in [0.2, 0.25) is 0 Å². The van der Waals surface area contributed by atoms with Crippen molar-refractivity contribution in [1.29, 1.82) is 0 Å². The highest BCUT2D eigenvalue weighted by Gasteiger charge is 2.16. The molecule has 1 aliphatic heterocycles. The molecule has 1 aromatic carbocycles. The van der Waals surface area contributed by atoms with E-state index in [1.54, 1.807) is 44.8 Å². The van der Waals surface area contributed by atoms with E-state index in [0.29, 0.717) is 22.7 Å². The number of pyridine rings is 1. The van der Waals surface area contributed by atoms with Crippen LogP contribution in [0.4, 0.5) is 11.4 Å². The summed E-state index contributed by atoms with van der Waals surface area (Å²) >= 11 is 0. The monoisotopic (exact) mass is 327 g/mol. The minimum absolute atomic E-state index is 0.227. The highest BCUT2D eigenvalue weighted by atomic mass is 16.5. The van der Waals surface area contributed by atoms with Crippen LogP contribution in [-0.4, -0.2) is 38.2 Å². The topological polar surface area (TPSA) is 63.7 Å². The summed E-state index contributed by atoms with van der Waals surface area (Å²) in [6.45, 7) is 2.02. The molecule has 24 heavy (non-hydrogen) atoms. The zero-order valence-corrected chi connectivity index (χ0v) is 13.9. The molecule has 1 aliphatic rings. The number of aromatic nitrogens is 1. The predicted molar refractivity (Wildman–Crippen MR) is 93.2 cm³/mol. The Morgan fingerprint density at radius 3 is 2.62 bits per heavy atom. The fraction of sp³-hybridized carbons (Fsp3) is 0.333. The second-order valence-corrected chi connectivity index (χ2v) is 5.65. The third-order valence-electron chi connectivity index (χ3n) is 4.11. The molecule has 0 spiro atoms. The first-order valence-electron chi connectivity index (χ1n) is 7.94. The van der Waals surface area contributed by atoms with Crippen LogP contribution in [0, 0.1) is 0 Å². The first kappa shape index (κ1) is 16.1. The maximum Gasteiger partial charge on any atom is 0.257 e. The van der Waals surface area contributed by atoms with E-state index < -0.39 is 0 Å². The maximum absolute atomic E-state index is 12.6. The Bertz CT molecular complexity index is 727. The van der Waals surface area contributed by atoms with Crippen molar-refractivity contribution in [2.24, 2.45) is 0 Å². The van der Waals surface area contributed by atoms with Crippen molar-refractivity contribution in [3.63, 3.8) is 0 Å². The maximum atomic E-state index is 12.6. The number of nitrogens with zero attached hydrogens (tertiary/aromatic N) is 2. The van der Waals surface area contributed by atoms with Gasteiger partial charge in [-0.3, -0.25) is 9.78 Å². The van der Waals surface area contributed by atoms with Gasteiger partial charge in [-0.25, -0.2) is 0 Å². The fourth-order valence-electron chi connectivity index (χ4n) is 2.81. The van der Waals surface area contributed by atoms with Crippen LogP contribution in [0.25, 0.3) is 0 Å². The van der Waals surface area contributed by atoms with Gasteiger partial charge < -0.3 is 19.7 Å². The fourth-order valence-corrected chi connectivity index (χ4v) is 2.81. The van der Waals surface area contributed by atoms with Crippen molar-refractivity contribution >= 4 is 17.3 Å². The predicted octanol–water partition coefficient (Wildman–Crippen LogP) is 2.95. The molecule has 0 aliphatic carbocycles. The Hall–Kier alpha value is -2.76. The average molecular weight is 327 g/mol. The SMILES string of the molecule is COc1ccc(OC)c(NC(=O)c2cncc(N3CCCC3)c2)c1. The van der Waals surface area contributed by atoms with E-state index in [0.717, 1.165) is 18.8 Å². The van der Waals surface area contributed by atoms with Gasteiger partial charge >= 0.3 is 0 Å². The van der Waals surface area contributed by atoms with Crippen LogP contribution in [-0.2, 0) is 0 Å². The van der Waals surface area contributed by atoms with Gasteiger partial charge in [0, 0.05) is 25.4 Å². The summed E-state index contributed by atoms with van der Waals surface area (Å²) in [6.07, 6.45) is 5.73. The normalized spacial score (nSPS) is 13.7. The van der Waals surface area contributed by atoms with Gasteiger partial charge in [-0.15, -0.1) is 0 Å². The highest BCUT2D eigenvalue weighted by molar-refractivity contribution is 6.05. The lowest BCUT2D eigenvalue weighted by Gasteiger charge is -2.17. The minimum atomic E-state index is -0.227. The number of carbonyl (C=O) groups excluding carboxylic acids is 1. The van der Waals surface area contributed by atoms with Crippen molar-refractivity contribution in [2.45, 2.75) is 12.8 Å². The van der Waals surface area contributed by atoms with Crippen molar-refractivity contribution in [3.8, 4) is 11.5 Å². The molecule has 1 saturated heterocycles. The second kappa shape index (κ2) is 7.21. The molecular formula is C18H21N3O3. The lowest BCUT2D eigenvalue weighted by molar-refractivity contribution is 0.102. The lowest BCUT2D eigenvalue weighted by atomic mass is 10.2. The van der Waals surface area contributed by atoms with Gasteiger partial charge in [0.05, 0.1) is 37.4 Å². The molecule has 2 aromatic rings. The smallest absolute Gasteiger partial charge is 0.257 e. The third kappa shape index (κ3) is 3.42. The van der Waals surface area contributed by atoms with E-state index in [1.807, 2.05) is 6.07 Å². The Morgan fingerprint density at radius 1 is 1.12 bits per heavy atom. The zero-order valence-electron chi connectivity index (χ0n) is 13.9. The van der Waals surface area contributed by atoms with E-state index in [4.69, 9.17) is 9.47 Å². The third-order valence-corrected chi connectivity index (χ3v) is 4.11. The van der Waals surface area contributed by atoms with Gasteiger partial charge in [0.15, 0.2) is 0 Å². The van der Waals surface area contributed by atoms with E-state index in [2.05, 4.69) is 15.2 Å². The molecule has 1 amide bonds. The molecule has 0 bridgehead atoms. The van der Waals surface area contributed by atoms with E-state index in [-0.39, 0.29) is 5.91 Å². The number of hydrogen-bond donors (Lipinski definition) is 1. The Balaban J connectivity index is 1.81. The molecule has 1 N–H and O–H groups in total. The first-order chi connectivity index (χ1) is 11.7. The molecule has 3 rings (SSSR count). The van der Waals surface area contributed by atoms with E-state index >= 15 is 0 Å². The quantitative estimate of drug-likeness (QED) is 0.915. The largest absolute Gasteiger partial charge is 0.497 e. The van der Waals surface area contributed by atoms with Gasteiger partial charge in [0.2, 0.25) is 0 Å². The zero-order chi connectivity index (χ0) is 16.9. The van der Waals surface area contributed by atoms with Crippen molar-refractivity contribution in [1.82, 2.24) is 4.98 Å². The van der Waals surface area contributed by atoms with Gasteiger partial charge in [0.1, 0.15) is 11.5 Å². The van der Waals surface area contributed by atoms with E-state index in [9.17, 15) is 4.79 Å². The van der Waals surface area contributed by atoms with Crippen molar-refractivity contribution in [3.05, 3.63) is 42.2 Å². The standard InChI is InChI=1S/C18H21N3O3/c1-23-15-5-6-17(24-2)16(10-15)20-18(22)13-9-14(12-19-11-13)21-7-3-4-8-21/h5-6,9-12H,3-4,7-8H2,1-2H3,(H,20,22). The molecule has 6 nitrogen and oxygen atoms in total. The molecule has 0 radical (unpaired) electrons. The lowest BCUT2D eigenvalue weighted by Crippen LogP contribution is -2.19. The number of methoxy groups -OCH3 is 2. The number of benzene rings is 1.